The Bertz CT molecular complexity index is 1120. The molecule has 0 aliphatic heterocycles. The number of fused-ring (bicyclic) bond motifs is 1. The van der Waals surface area contributed by atoms with Crippen molar-refractivity contribution in [1.29, 1.82) is 0 Å². The molecule has 1 N–H and O–H groups in total. The van der Waals surface area contributed by atoms with Gasteiger partial charge in [0, 0.05) is 12.4 Å². The fourth-order valence-electron chi connectivity index (χ4n) is 3.18. The Hall–Kier alpha value is -3.28. The fourth-order valence-corrected chi connectivity index (χ4v) is 3.18. The third-order valence-electron chi connectivity index (χ3n) is 4.43. The Kier molecular flexibility index (Phi) is 4.08. The molecule has 0 amide bonds. The van der Waals surface area contributed by atoms with Gasteiger partial charge >= 0.3 is 0 Å². The van der Waals surface area contributed by atoms with E-state index >= 15 is 0 Å². The molecule has 0 saturated carbocycles. The van der Waals surface area contributed by atoms with Gasteiger partial charge in [-0.1, -0.05) is 25.1 Å². The minimum Gasteiger partial charge on any atom is -0.326 e. The monoisotopic (exact) mass is 348 g/mol. The standard InChI is InChI=1S/C20H17FN4O/c1-2-16-20(26)24-17-7-6-14(11-18(17)23-16)19(25-9-8-22-12-25)13-4-3-5-15(21)10-13/h3-12,19H,2H2,1H3,(H,24,26). The number of aromatic amines is 1. The number of hydrogen-bond donors (Lipinski definition) is 1. The van der Waals surface area contributed by atoms with Crippen LogP contribution in [-0.4, -0.2) is 19.5 Å². The third-order valence-corrected chi connectivity index (χ3v) is 4.43. The van der Waals surface area contributed by atoms with Crippen LogP contribution in [0.3, 0.4) is 0 Å². The third kappa shape index (κ3) is 2.90. The van der Waals surface area contributed by atoms with E-state index < -0.39 is 0 Å². The summed E-state index contributed by atoms with van der Waals surface area (Å²) in [4.78, 5) is 23.4. The summed E-state index contributed by atoms with van der Waals surface area (Å²) in [5.41, 5.74) is 3.47. The number of nitrogens with one attached hydrogen (secondary N) is 1. The predicted octanol–water partition coefficient (Wildman–Crippen LogP) is 3.46. The van der Waals surface area contributed by atoms with E-state index in [2.05, 4.69) is 15.0 Å². The quantitative estimate of drug-likeness (QED) is 0.614. The summed E-state index contributed by atoms with van der Waals surface area (Å²) >= 11 is 0. The molecule has 0 aliphatic carbocycles. The number of rotatable bonds is 4. The lowest BCUT2D eigenvalue weighted by Gasteiger charge is -2.20. The van der Waals surface area contributed by atoms with Crippen molar-refractivity contribution in [1.82, 2.24) is 19.5 Å². The second-order valence-corrected chi connectivity index (χ2v) is 6.11. The number of aryl methyl sites for hydroxylation is 1. The molecule has 26 heavy (non-hydrogen) atoms. The van der Waals surface area contributed by atoms with Gasteiger partial charge in [-0.3, -0.25) is 4.79 Å². The molecule has 4 rings (SSSR count). The fraction of sp³-hybridized carbons (Fsp3) is 0.150. The number of hydrogen-bond acceptors (Lipinski definition) is 3. The zero-order valence-corrected chi connectivity index (χ0v) is 14.2. The van der Waals surface area contributed by atoms with E-state index in [1.165, 1.54) is 12.1 Å². The van der Waals surface area contributed by atoms with Gasteiger partial charge in [0.1, 0.15) is 11.5 Å². The summed E-state index contributed by atoms with van der Waals surface area (Å²) < 4.78 is 15.7. The van der Waals surface area contributed by atoms with Crippen LogP contribution < -0.4 is 5.56 Å². The topological polar surface area (TPSA) is 63.6 Å². The van der Waals surface area contributed by atoms with Crippen LogP contribution in [0.4, 0.5) is 4.39 Å². The van der Waals surface area contributed by atoms with Crippen LogP contribution in [0.25, 0.3) is 11.0 Å². The number of halogens is 1. The van der Waals surface area contributed by atoms with Crippen LogP contribution in [-0.2, 0) is 6.42 Å². The molecule has 130 valence electrons. The van der Waals surface area contributed by atoms with E-state index in [1.807, 2.05) is 42.0 Å². The van der Waals surface area contributed by atoms with Gasteiger partial charge in [0.25, 0.3) is 5.56 Å². The first-order chi connectivity index (χ1) is 12.7. The van der Waals surface area contributed by atoms with Crippen LogP contribution in [0.5, 0.6) is 0 Å². The lowest BCUT2D eigenvalue weighted by molar-refractivity contribution is 0.615. The average Bonchev–Trinajstić information content (AvgIpc) is 3.16. The molecule has 2 heterocycles. The molecule has 2 aromatic heterocycles. The van der Waals surface area contributed by atoms with Crippen LogP contribution in [0.1, 0.15) is 29.8 Å². The highest BCUT2D eigenvalue weighted by Gasteiger charge is 2.17. The first-order valence-electron chi connectivity index (χ1n) is 8.41. The molecule has 4 aromatic rings. The molecule has 1 atom stereocenters. The Morgan fingerprint density at radius 3 is 2.77 bits per heavy atom. The minimum absolute atomic E-state index is 0.163. The SMILES string of the molecule is CCc1nc2cc(C(c3cccc(F)c3)n3ccnc3)ccc2[nH]c1=O. The smallest absolute Gasteiger partial charge is 0.270 e. The molecule has 0 saturated heterocycles. The minimum atomic E-state index is -0.288. The maximum Gasteiger partial charge on any atom is 0.270 e. The average molecular weight is 348 g/mol. The zero-order valence-electron chi connectivity index (χ0n) is 14.2. The molecule has 0 spiro atoms. The van der Waals surface area contributed by atoms with E-state index in [0.717, 1.165) is 11.1 Å². The van der Waals surface area contributed by atoms with Gasteiger partial charge in [0.05, 0.1) is 23.4 Å². The molecule has 0 radical (unpaired) electrons. The van der Waals surface area contributed by atoms with Gasteiger partial charge in [-0.05, 0) is 41.8 Å². The Morgan fingerprint density at radius 2 is 2.04 bits per heavy atom. The first kappa shape index (κ1) is 16.2. The van der Waals surface area contributed by atoms with Gasteiger partial charge in [0.2, 0.25) is 0 Å². The van der Waals surface area contributed by atoms with Gasteiger partial charge in [0.15, 0.2) is 0 Å². The van der Waals surface area contributed by atoms with Crippen LogP contribution in [0.2, 0.25) is 0 Å². The second kappa shape index (κ2) is 6.55. The van der Waals surface area contributed by atoms with Crippen LogP contribution in [0.15, 0.2) is 66.0 Å². The van der Waals surface area contributed by atoms with Crippen molar-refractivity contribution < 1.29 is 4.39 Å². The molecular weight excluding hydrogens is 331 g/mol. The molecular formula is C20H17FN4O. The Labute approximate surface area is 149 Å². The summed E-state index contributed by atoms with van der Waals surface area (Å²) in [5.74, 6) is -0.288. The highest BCUT2D eigenvalue weighted by atomic mass is 19.1. The van der Waals surface area contributed by atoms with Crippen molar-refractivity contribution in [3.63, 3.8) is 0 Å². The number of benzene rings is 2. The second-order valence-electron chi connectivity index (χ2n) is 6.11. The molecule has 1 unspecified atom stereocenters. The lowest BCUT2D eigenvalue weighted by Crippen LogP contribution is -2.15. The highest BCUT2D eigenvalue weighted by molar-refractivity contribution is 5.75. The van der Waals surface area contributed by atoms with Gasteiger partial charge < -0.3 is 9.55 Å². The van der Waals surface area contributed by atoms with E-state index in [9.17, 15) is 9.18 Å². The van der Waals surface area contributed by atoms with Crippen LogP contribution in [0, 0.1) is 5.82 Å². The lowest BCUT2D eigenvalue weighted by atomic mass is 9.97. The highest BCUT2D eigenvalue weighted by Crippen LogP contribution is 2.28. The Morgan fingerprint density at radius 1 is 1.19 bits per heavy atom. The number of imidazole rings is 1. The van der Waals surface area contributed by atoms with Gasteiger partial charge in [-0.25, -0.2) is 14.4 Å². The summed E-state index contributed by atoms with van der Waals surface area (Å²) in [5, 5.41) is 0. The molecule has 0 aliphatic rings. The van der Waals surface area contributed by atoms with Crippen LogP contribution >= 0.6 is 0 Å². The van der Waals surface area contributed by atoms with E-state index in [1.54, 1.807) is 18.6 Å². The maximum atomic E-state index is 13.8. The number of H-pyrrole nitrogens is 1. The van der Waals surface area contributed by atoms with E-state index in [4.69, 9.17) is 0 Å². The summed E-state index contributed by atoms with van der Waals surface area (Å²) in [7, 11) is 0. The first-order valence-corrected chi connectivity index (χ1v) is 8.41. The van der Waals surface area contributed by atoms with Gasteiger partial charge in [-0.2, -0.15) is 0 Å². The van der Waals surface area contributed by atoms with Crippen molar-refractivity contribution in [2.45, 2.75) is 19.4 Å². The largest absolute Gasteiger partial charge is 0.326 e. The molecule has 0 bridgehead atoms. The van der Waals surface area contributed by atoms with Crippen molar-refractivity contribution >= 4 is 11.0 Å². The molecule has 2 aromatic carbocycles. The normalized spacial score (nSPS) is 12.4. The predicted molar refractivity (Wildman–Crippen MR) is 97.6 cm³/mol. The number of nitrogens with zero attached hydrogens (tertiary/aromatic N) is 3. The maximum absolute atomic E-state index is 13.8. The zero-order chi connectivity index (χ0) is 18.1. The van der Waals surface area contributed by atoms with Crippen molar-refractivity contribution in [3.8, 4) is 0 Å². The van der Waals surface area contributed by atoms with Crippen molar-refractivity contribution in [2.75, 3.05) is 0 Å². The molecule has 6 heteroatoms. The summed E-state index contributed by atoms with van der Waals surface area (Å²) in [6, 6.07) is 12.0. The summed E-state index contributed by atoms with van der Waals surface area (Å²) in [6.07, 6.45) is 5.80. The molecule has 0 fully saturated rings. The van der Waals surface area contributed by atoms with Crippen molar-refractivity contribution in [2.24, 2.45) is 0 Å². The molecule has 5 nitrogen and oxygen atoms in total. The van der Waals surface area contributed by atoms with E-state index in [0.29, 0.717) is 23.1 Å². The van der Waals surface area contributed by atoms with E-state index in [-0.39, 0.29) is 17.4 Å². The number of aromatic nitrogens is 4. The Balaban J connectivity index is 1.91. The summed E-state index contributed by atoms with van der Waals surface area (Å²) in [6.45, 7) is 1.90. The van der Waals surface area contributed by atoms with Crippen molar-refractivity contribution in [3.05, 3.63) is 94.2 Å². The van der Waals surface area contributed by atoms with Gasteiger partial charge in [-0.15, -0.1) is 0 Å².